The molecule has 4 rings (SSSR count). The van der Waals surface area contributed by atoms with E-state index in [1.165, 1.54) is 0 Å². The number of fused-ring (bicyclic) bond motifs is 1. The van der Waals surface area contributed by atoms with E-state index in [9.17, 15) is 4.79 Å². The number of hydrogen-bond acceptors (Lipinski definition) is 5. The molecule has 4 nitrogen and oxygen atoms in total. The van der Waals surface area contributed by atoms with Crippen LogP contribution in [0, 0.1) is 0 Å². The molecule has 0 saturated carbocycles. The summed E-state index contributed by atoms with van der Waals surface area (Å²) in [4.78, 5) is 20.8. The Kier molecular flexibility index (Phi) is 5.99. The van der Waals surface area contributed by atoms with Gasteiger partial charge in [-0.05, 0) is 44.0 Å². The van der Waals surface area contributed by atoms with E-state index in [4.69, 9.17) is 9.72 Å². The summed E-state index contributed by atoms with van der Waals surface area (Å²) in [5.74, 6) is 0.920. The maximum absolute atomic E-state index is 13.2. The third-order valence-electron chi connectivity index (χ3n) is 5.14. The van der Waals surface area contributed by atoms with Gasteiger partial charge in [-0.25, -0.2) is 4.98 Å². The largest absolute Gasteiger partial charge is 0.377 e. The van der Waals surface area contributed by atoms with Gasteiger partial charge in [0.05, 0.1) is 27.9 Å². The van der Waals surface area contributed by atoms with Crippen LogP contribution in [0.4, 0.5) is 0 Å². The fraction of sp³-hybridized carbons (Fsp3) is 0.364. The molecule has 1 aliphatic rings. The lowest BCUT2D eigenvalue weighted by atomic mass is 10.2. The molecule has 0 bridgehead atoms. The summed E-state index contributed by atoms with van der Waals surface area (Å²) in [6.07, 6.45) is 2.54. The first-order valence-corrected chi connectivity index (χ1v) is 11.4. The lowest BCUT2D eigenvalue weighted by Crippen LogP contribution is -2.30. The number of amides is 1. The number of rotatable bonds is 6. The summed E-state index contributed by atoms with van der Waals surface area (Å²) >= 11 is 3.37. The average Bonchev–Trinajstić information content (AvgIpc) is 3.40. The molecule has 0 N–H and O–H groups in total. The van der Waals surface area contributed by atoms with Crippen LogP contribution in [-0.4, -0.2) is 41.3 Å². The summed E-state index contributed by atoms with van der Waals surface area (Å²) in [7, 11) is 1.86. The number of thiazole rings is 1. The highest BCUT2D eigenvalue weighted by Gasteiger charge is 2.24. The van der Waals surface area contributed by atoms with Crippen molar-refractivity contribution < 1.29 is 9.53 Å². The first kappa shape index (κ1) is 19.4. The number of thioether (sulfide) groups is 1. The number of para-hydroxylation sites is 1. The average molecular weight is 413 g/mol. The number of ether oxygens (including phenoxy) is 1. The Bertz CT molecular complexity index is 933. The van der Waals surface area contributed by atoms with Gasteiger partial charge in [0.15, 0.2) is 0 Å². The lowest BCUT2D eigenvalue weighted by Gasteiger charge is -2.24. The Hall–Kier alpha value is -1.89. The van der Waals surface area contributed by atoms with Crippen LogP contribution in [0.1, 0.15) is 41.2 Å². The van der Waals surface area contributed by atoms with Crippen molar-refractivity contribution in [3.05, 3.63) is 59.1 Å². The van der Waals surface area contributed by atoms with Gasteiger partial charge in [0.2, 0.25) is 0 Å². The van der Waals surface area contributed by atoms with Gasteiger partial charge in [-0.1, -0.05) is 24.3 Å². The maximum Gasteiger partial charge on any atom is 0.255 e. The fourth-order valence-corrected chi connectivity index (χ4v) is 5.50. The molecule has 1 fully saturated rings. The summed E-state index contributed by atoms with van der Waals surface area (Å²) in [5.41, 5.74) is 1.74. The molecule has 0 radical (unpaired) electrons. The van der Waals surface area contributed by atoms with Crippen LogP contribution in [-0.2, 0) is 4.74 Å². The van der Waals surface area contributed by atoms with Crippen LogP contribution in [0.5, 0.6) is 0 Å². The van der Waals surface area contributed by atoms with Crippen molar-refractivity contribution in [2.75, 3.05) is 19.4 Å². The van der Waals surface area contributed by atoms with Crippen molar-refractivity contribution in [1.82, 2.24) is 9.88 Å². The zero-order chi connectivity index (χ0) is 19.5. The van der Waals surface area contributed by atoms with Crippen LogP contribution < -0.4 is 0 Å². The molecule has 0 aliphatic carbocycles. The van der Waals surface area contributed by atoms with Gasteiger partial charge in [-0.2, -0.15) is 0 Å². The molecule has 1 saturated heterocycles. The van der Waals surface area contributed by atoms with Crippen LogP contribution in [0.2, 0.25) is 0 Å². The molecular formula is C22H24N2O2S2. The molecule has 2 atom stereocenters. The third-order valence-corrected chi connectivity index (χ3v) is 7.55. The SMILES string of the molecule is C[C@H](c1nc2ccccc2s1)N(C)C(=O)c1ccccc1SC[C@H]1CCCO1. The highest BCUT2D eigenvalue weighted by molar-refractivity contribution is 7.99. The molecule has 6 heteroatoms. The van der Waals surface area contributed by atoms with Crippen molar-refractivity contribution in [2.24, 2.45) is 0 Å². The monoisotopic (exact) mass is 412 g/mol. The van der Waals surface area contributed by atoms with Crippen LogP contribution in [0.15, 0.2) is 53.4 Å². The van der Waals surface area contributed by atoms with Crippen molar-refractivity contribution in [1.29, 1.82) is 0 Å². The molecule has 0 spiro atoms. The Morgan fingerprint density at radius 2 is 2.07 bits per heavy atom. The van der Waals surface area contributed by atoms with Gasteiger partial charge in [0.25, 0.3) is 5.91 Å². The van der Waals surface area contributed by atoms with E-state index in [-0.39, 0.29) is 11.9 Å². The summed E-state index contributed by atoms with van der Waals surface area (Å²) in [6.45, 7) is 2.89. The molecule has 2 heterocycles. The number of aromatic nitrogens is 1. The normalized spacial score (nSPS) is 17.7. The Balaban J connectivity index is 1.51. The van der Waals surface area contributed by atoms with E-state index in [0.717, 1.165) is 50.9 Å². The van der Waals surface area contributed by atoms with Gasteiger partial charge < -0.3 is 9.64 Å². The van der Waals surface area contributed by atoms with Crippen molar-refractivity contribution in [2.45, 2.75) is 36.8 Å². The van der Waals surface area contributed by atoms with E-state index in [1.807, 2.05) is 56.4 Å². The second kappa shape index (κ2) is 8.64. The number of benzene rings is 2. The Labute approximate surface area is 173 Å². The molecule has 1 amide bonds. The first-order chi connectivity index (χ1) is 13.6. The highest BCUT2D eigenvalue weighted by atomic mass is 32.2. The van der Waals surface area contributed by atoms with Crippen LogP contribution in [0.25, 0.3) is 10.2 Å². The summed E-state index contributed by atoms with van der Waals surface area (Å²) in [5, 5.41) is 0.960. The molecule has 2 aromatic carbocycles. The highest BCUT2D eigenvalue weighted by Crippen LogP contribution is 2.32. The minimum absolute atomic E-state index is 0.0298. The number of hydrogen-bond donors (Lipinski definition) is 0. The molecule has 1 aliphatic heterocycles. The van der Waals surface area contributed by atoms with E-state index in [1.54, 1.807) is 28.0 Å². The van der Waals surface area contributed by atoms with E-state index in [0.29, 0.717) is 6.10 Å². The van der Waals surface area contributed by atoms with Gasteiger partial charge in [0.1, 0.15) is 5.01 Å². The van der Waals surface area contributed by atoms with Crippen molar-refractivity contribution in [3.8, 4) is 0 Å². The van der Waals surface area contributed by atoms with E-state index in [2.05, 4.69) is 6.07 Å². The second-order valence-corrected chi connectivity index (χ2v) is 9.18. The predicted octanol–water partition coefficient (Wildman–Crippen LogP) is 5.40. The summed E-state index contributed by atoms with van der Waals surface area (Å²) in [6, 6.07) is 15.9. The van der Waals surface area contributed by atoms with Gasteiger partial charge in [0, 0.05) is 24.3 Å². The minimum Gasteiger partial charge on any atom is -0.377 e. The zero-order valence-electron chi connectivity index (χ0n) is 16.1. The molecule has 28 heavy (non-hydrogen) atoms. The number of carbonyl (C=O) groups excluding carboxylic acids is 1. The fourth-order valence-electron chi connectivity index (χ4n) is 3.33. The predicted molar refractivity (Wildman–Crippen MR) is 116 cm³/mol. The summed E-state index contributed by atoms with van der Waals surface area (Å²) < 4.78 is 6.87. The second-order valence-electron chi connectivity index (χ2n) is 7.05. The molecule has 3 aromatic rings. The molecule has 146 valence electrons. The minimum atomic E-state index is -0.0823. The third kappa shape index (κ3) is 4.09. The Morgan fingerprint density at radius 1 is 1.29 bits per heavy atom. The zero-order valence-corrected chi connectivity index (χ0v) is 17.8. The quantitative estimate of drug-likeness (QED) is 0.508. The van der Waals surface area contributed by atoms with Gasteiger partial charge in [-0.15, -0.1) is 23.1 Å². The van der Waals surface area contributed by atoms with Crippen LogP contribution in [0.3, 0.4) is 0 Å². The van der Waals surface area contributed by atoms with Crippen molar-refractivity contribution in [3.63, 3.8) is 0 Å². The van der Waals surface area contributed by atoms with Crippen molar-refractivity contribution >= 4 is 39.2 Å². The molecular weight excluding hydrogens is 388 g/mol. The van der Waals surface area contributed by atoms with E-state index >= 15 is 0 Å². The topological polar surface area (TPSA) is 42.4 Å². The van der Waals surface area contributed by atoms with Crippen LogP contribution >= 0.6 is 23.1 Å². The molecule has 1 aromatic heterocycles. The lowest BCUT2D eigenvalue weighted by molar-refractivity contribution is 0.0739. The Morgan fingerprint density at radius 3 is 2.86 bits per heavy atom. The maximum atomic E-state index is 13.2. The number of carbonyl (C=O) groups is 1. The van der Waals surface area contributed by atoms with Gasteiger partial charge >= 0.3 is 0 Å². The smallest absolute Gasteiger partial charge is 0.255 e. The van der Waals surface area contributed by atoms with E-state index < -0.39 is 0 Å². The first-order valence-electron chi connectivity index (χ1n) is 9.59. The number of nitrogens with zero attached hydrogens (tertiary/aromatic N) is 2. The molecule has 0 unspecified atom stereocenters. The standard InChI is InChI=1S/C22H24N2O2S2/c1-15(21-23-18-10-4-6-12-20(18)28-21)24(2)22(25)17-9-3-5-11-19(17)27-14-16-8-7-13-26-16/h3-6,9-12,15-16H,7-8,13-14H2,1-2H3/t15-,16-/m1/s1. The van der Waals surface area contributed by atoms with Gasteiger partial charge in [-0.3, -0.25) is 4.79 Å².